The maximum Gasteiger partial charge on any atom is 0.306 e. The molecular formula is C61H116O6. The highest BCUT2D eigenvalue weighted by molar-refractivity contribution is 5.71. The monoisotopic (exact) mass is 945 g/mol. The summed E-state index contributed by atoms with van der Waals surface area (Å²) in [6, 6.07) is 0. The lowest BCUT2D eigenvalue weighted by Gasteiger charge is -2.18. The highest BCUT2D eigenvalue weighted by Gasteiger charge is 2.19. The Balaban J connectivity index is 4.31. The first kappa shape index (κ1) is 65.1. The van der Waals surface area contributed by atoms with Crippen LogP contribution >= 0.6 is 0 Å². The van der Waals surface area contributed by atoms with Gasteiger partial charge in [0.1, 0.15) is 13.2 Å². The summed E-state index contributed by atoms with van der Waals surface area (Å²) in [5.41, 5.74) is 0. The molecule has 0 aliphatic rings. The van der Waals surface area contributed by atoms with E-state index in [9.17, 15) is 14.4 Å². The topological polar surface area (TPSA) is 78.9 Å². The van der Waals surface area contributed by atoms with Gasteiger partial charge in [0.2, 0.25) is 0 Å². The predicted molar refractivity (Wildman–Crippen MR) is 289 cm³/mol. The minimum Gasteiger partial charge on any atom is -0.462 e. The molecule has 6 heteroatoms. The van der Waals surface area contributed by atoms with Gasteiger partial charge in [0.25, 0.3) is 0 Å². The molecule has 0 heterocycles. The average Bonchev–Trinajstić information content (AvgIpc) is 3.33. The van der Waals surface area contributed by atoms with Gasteiger partial charge in [-0.05, 0) is 44.9 Å². The van der Waals surface area contributed by atoms with Crippen LogP contribution in [0.25, 0.3) is 0 Å². The minimum absolute atomic E-state index is 0.0655. The molecule has 0 rings (SSSR count). The summed E-state index contributed by atoms with van der Waals surface area (Å²) in [5.74, 6) is -0.842. The van der Waals surface area contributed by atoms with Crippen LogP contribution in [0.15, 0.2) is 12.2 Å². The first-order chi connectivity index (χ1) is 33.0. The van der Waals surface area contributed by atoms with Gasteiger partial charge in [-0.15, -0.1) is 0 Å². The Bertz CT molecular complexity index is 1040. The number of allylic oxidation sites excluding steroid dienone is 2. The van der Waals surface area contributed by atoms with Crippen LogP contribution in [0.1, 0.15) is 342 Å². The summed E-state index contributed by atoms with van der Waals surface area (Å²) >= 11 is 0. The van der Waals surface area contributed by atoms with Crippen LogP contribution in [-0.2, 0) is 28.6 Å². The SMILES string of the molecule is CCCCCCCC/C=C\CCCCCCCCCC(=O)O[C@@H](COC(=O)CCCCCCCCCCCCCCCCC)COC(=O)CCCCCCCCCCCCCCCCCCC. The summed E-state index contributed by atoms with van der Waals surface area (Å²) in [5, 5.41) is 0. The summed E-state index contributed by atoms with van der Waals surface area (Å²) < 4.78 is 16.9. The zero-order chi connectivity index (χ0) is 48.6. The number of hydrogen-bond acceptors (Lipinski definition) is 6. The Kier molecular flexibility index (Phi) is 55.2. The molecule has 0 saturated heterocycles. The summed E-state index contributed by atoms with van der Waals surface area (Å²) in [6.07, 6.45) is 64.9. The van der Waals surface area contributed by atoms with E-state index in [2.05, 4.69) is 32.9 Å². The van der Waals surface area contributed by atoms with Crippen molar-refractivity contribution in [2.45, 2.75) is 348 Å². The van der Waals surface area contributed by atoms with Crippen LogP contribution in [0.3, 0.4) is 0 Å². The van der Waals surface area contributed by atoms with Crippen molar-refractivity contribution in [3.63, 3.8) is 0 Å². The normalized spacial score (nSPS) is 12.0. The van der Waals surface area contributed by atoms with E-state index in [-0.39, 0.29) is 31.1 Å². The third-order valence-corrected chi connectivity index (χ3v) is 13.8. The van der Waals surface area contributed by atoms with E-state index in [0.29, 0.717) is 19.3 Å². The van der Waals surface area contributed by atoms with E-state index >= 15 is 0 Å². The molecule has 0 aromatic rings. The van der Waals surface area contributed by atoms with Crippen LogP contribution in [-0.4, -0.2) is 37.2 Å². The zero-order valence-corrected chi connectivity index (χ0v) is 45.5. The molecule has 0 fully saturated rings. The maximum absolute atomic E-state index is 12.9. The Morgan fingerprint density at radius 1 is 0.284 bits per heavy atom. The molecule has 0 saturated carbocycles. The average molecular weight is 946 g/mol. The fourth-order valence-electron chi connectivity index (χ4n) is 9.21. The van der Waals surface area contributed by atoms with E-state index in [0.717, 1.165) is 57.8 Å². The van der Waals surface area contributed by atoms with E-state index in [4.69, 9.17) is 14.2 Å². The predicted octanol–water partition coefficient (Wildman–Crippen LogP) is 20.1. The molecule has 396 valence electrons. The van der Waals surface area contributed by atoms with Gasteiger partial charge in [-0.25, -0.2) is 0 Å². The van der Waals surface area contributed by atoms with Gasteiger partial charge >= 0.3 is 17.9 Å². The lowest BCUT2D eigenvalue weighted by molar-refractivity contribution is -0.167. The molecule has 0 radical (unpaired) electrons. The van der Waals surface area contributed by atoms with Crippen LogP contribution < -0.4 is 0 Å². The van der Waals surface area contributed by atoms with E-state index in [1.807, 2.05) is 0 Å². The first-order valence-electron chi connectivity index (χ1n) is 30.2. The lowest BCUT2D eigenvalue weighted by atomic mass is 10.0. The highest BCUT2D eigenvalue weighted by atomic mass is 16.6. The molecule has 0 amide bonds. The molecule has 0 aliphatic heterocycles. The van der Waals surface area contributed by atoms with Crippen LogP contribution in [0.5, 0.6) is 0 Å². The van der Waals surface area contributed by atoms with Crippen molar-refractivity contribution in [3.05, 3.63) is 12.2 Å². The van der Waals surface area contributed by atoms with Gasteiger partial charge in [0, 0.05) is 19.3 Å². The maximum atomic E-state index is 12.9. The molecule has 0 aromatic heterocycles. The van der Waals surface area contributed by atoms with Gasteiger partial charge in [0.05, 0.1) is 0 Å². The van der Waals surface area contributed by atoms with Gasteiger partial charge in [-0.3, -0.25) is 14.4 Å². The van der Waals surface area contributed by atoms with Gasteiger partial charge in [0.15, 0.2) is 6.10 Å². The number of carbonyl (C=O) groups is 3. The Morgan fingerprint density at radius 3 is 0.746 bits per heavy atom. The molecule has 0 bridgehead atoms. The van der Waals surface area contributed by atoms with Crippen molar-refractivity contribution in [3.8, 4) is 0 Å². The van der Waals surface area contributed by atoms with Crippen LogP contribution in [0.4, 0.5) is 0 Å². The molecule has 1 atom stereocenters. The molecule has 6 nitrogen and oxygen atoms in total. The summed E-state index contributed by atoms with van der Waals surface area (Å²) in [4.78, 5) is 38.2. The number of hydrogen-bond donors (Lipinski definition) is 0. The smallest absolute Gasteiger partial charge is 0.306 e. The Labute approximate surface area is 418 Å². The highest BCUT2D eigenvalue weighted by Crippen LogP contribution is 2.17. The number of unbranched alkanes of at least 4 members (excludes halogenated alkanes) is 43. The zero-order valence-electron chi connectivity index (χ0n) is 45.5. The molecule has 0 aromatic carbocycles. The van der Waals surface area contributed by atoms with E-state index in [1.54, 1.807) is 0 Å². The van der Waals surface area contributed by atoms with Crippen molar-refractivity contribution in [2.24, 2.45) is 0 Å². The van der Waals surface area contributed by atoms with Crippen LogP contribution in [0, 0.1) is 0 Å². The fourth-order valence-corrected chi connectivity index (χ4v) is 9.21. The fraction of sp³-hybridized carbons (Fsp3) is 0.918. The molecule has 67 heavy (non-hydrogen) atoms. The minimum atomic E-state index is -0.767. The van der Waals surface area contributed by atoms with Crippen molar-refractivity contribution in [2.75, 3.05) is 13.2 Å². The number of ether oxygens (including phenoxy) is 3. The molecular weight excluding hydrogens is 829 g/mol. The van der Waals surface area contributed by atoms with Crippen molar-refractivity contribution in [1.29, 1.82) is 0 Å². The van der Waals surface area contributed by atoms with Gasteiger partial charge in [-0.2, -0.15) is 0 Å². The first-order valence-corrected chi connectivity index (χ1v) is 30.2. The molecule has 0 spiro atoms. The summed E-state index contributed by atoms with van der Waals surface area (Å²) in [6.45, 7) is 6.70. The third-order valence-electron chi connectivity index (χ3n) is 13.8. The van der Waals surface area contributed by atoms with Gasteiger partial charge < -0.3 is 14.2 Å². The number of carbonyl (C=O) groups excluding carboxylic acids is 3. The second kappa shape index (κ2) is 56.7. The Morgan fingerprint density at radius 2 is 0.493 bits per heavy atom. The molecule has 0 unspecified atom stereocenters. The van der Waals surface area contributed by atoms with Crippen molar-refractivity contribution >= 4 is 17.9 Å². The van der Waals surface area contributed by atoms with E-state index < -0.39 is 6.10 Å². The van der Waals surface area contributed by atoms with Crippen molar-refractivity contribution in [1.82, 2.24) is 0 Å². The Hall–Kier alpha value is -1.85. The van der Waals surface area contributed by atoms with Gasteiger partial charge in [-0.1, -0.05) is 290 Å². The third kappa shape index (κ3) is 55.0. The molecule has 0 aliphatic carbocycles. The second-order valence-electron chi connectivity index (χ2n) is 20.6. The second-order valence-corrected chi connectivity index (χ2v) is 20.6. The summed E-state index contributed by atoms with van der Waals surface area (Å²) in [7, 11) is 0. The van der Waals surface area contributed by atoms with E-state index in [1.165, 1.54) is 244 Å². The van der Waals surface area contributed by atoms with Crippen molar-refractivity contribution < 1.29 is 28.6 Å². The quantitative estimate of drug-likeness (QED) is 0.0262. The number of rotatable bonds is 56. The molecule has 0 N–H and O–H groups in total. The van der Waals surface area contributed by atoms with Crippen LogP contribution in [0.2, 0.25) is 0 Å². The number of esters is 3. The lowest BCUT2D eigenvalue weighted by Crippen LogP contribution is -2.30. The largest absolute Gasteiger partial charge is 0.462 e. The standard InChI is InChI=1S/C61H116O6/c1-4-7-10-13-16-19-22-25-28-30-33-36-39-42-45-48-51-54-60(63)66-57-58(56-65-59(62)53-50-47-44-41-38-35-32-27-24-21-18-15-12-9-6-3)67-61(64)55-52-49-46-43-40-37-34-31-29-26-23-20-17-14-11-8-5-2/h26,29,58H,4-25,27-28,30-57H2,1-3H3/b29-26-/t58-/m0/s1.